The molecule has 3 aromatic carbocycles. The van der Waals surface area contributed by atoms with Crippen LogP contribution in [0.5, 0.6) is 11.5 Å². The Morgan fingerprint density at radius 3 is 2.37 bits per heavy atom. The predicted octanol–water partition coefficient (Wildman–Crippen LogP) is 5.59. The molecule has 0 saturated heterocycles. The molecule has 46 heavy (non-hydrogen) atoms. The molecule has 6 rings (SSSR count). The maximum atomic E-state index is 13.9. The summed E-state index contributed by atoms with van der Waals surface area (Å²) in [6.45, 7) is 2.10. The van der Waals surface area contributed by atoms with E-state index in [0.29, 0.717) is 17.4 Å². The van der Waals surface area contributed by atoms with E-state index in [2.05, 4.69) is 15.5 Å². The number of carbonyl (C=O) groups excluding carboxylic acids is 2. The number of hydrazone groups is 1. The lowest BCUT2D eigenvalue weighted by atomic mass is 9.98. The number of aromatic nitrogens is 3. The molecule has 1 aliphatic rings. The van der Waals surface area contributed by atoms with Crippen LogP contribution in [0.25, 0.3) is 5.69 Å². The van der Waals surface area contributed by atoms with Crippen LogP contribution in [0.15, 0.2) is 106 Å². The molecule has 2 amide bonds. The number of methoxy groups -OCH3 is 2. The topological polar surface area (TPSA) is 124 Å². The summed E-state index contributed by atoms with van der Waals surface area (Å²) < 4.78 is 17.7. The highest BCUT2D eigenvalue weighted by molar-refractivity contribution is 7.99. The standard InChI is InChI=1S/C34H32N6O5S/c1-22-6-4-7-25(18-22)39-31(20-35-33(42)30-8-5-17-45-30)36-37-34(39)46-21-32(41)40-29(24-11-15-27(44-3)16-12-24)19-28(38-40)23-9-13-26(43-2)14-10-23/h4-18,29H,19-21H2,1-3H3,(H,35,42)/t29-/m1/s1. The maximum Gasteiger partial charge on any atom is 0.287 e. The van der Waals surface area contributed by atoms with Crippen molar-refractivity contribution in [2.45, 2.75) is 31.1 Å². The Kier molecular flexibility index (Phi) is 9.15. The SMILES string of the molecule is COc1ccc(C2=NN(C(=O)CSc3nnc(CNC(=O)c4ccco4)n3-c3cccc(C)c3)[C@@H](c3ccc(OC)cc3)C2)cc1. The summed E-state index contributed by atoms with van der Waals surface area (Å²) in [5, 5.41) is 18.5. The Bertz CT molecular complexity index is 1850. The average Bonchev–Trinajstić information content (AvgIpc) is 3.87. The van der Waals surface area contributed by atoms with Crippen molar-refractivity contribution in [3.05, 3.63) is 119 Å². The molecular formula is C34H32N6O5S. The molecule has 11 nitrogen and oxygen atoms in total. The Morgan fingerprint density at radius 2 is 1.70 bits per heavy atom. The van der Waals surface area contributed by atoms with Gasteiger partial charge in [0.25, 0.3) is 11.8 Å². The van der Waals surface area contributed by atoms with Crippen LogP contribution in [-0.2, 0) is 11.3 Å². The van der Waals surface area contributed by atoms with Crippen LogP contribution in [0.1, 0.15) is 45.5 Å². The smallest absolute Gasteiger partial charge is 0.287 e. The van der Waals surface area contributed by atoms with Gasteiger partial charge in [0.2, 0.25) is 0 Å². The molecule has 0 aliphatic carbocycles. The van der Waals surface area contributed by atoms with Crippen LogP contribution in [0, 0.1) is 6.92 Å². The summed E-state index contributed by atoms with van der Waals surface area (Å²) in [6.07, 6.45) is 1.99. The zero-order valence-corrected chi connectivity index (χ0v) is 26.4. The van der Waals surface area contributed by atoms with Crippen molar-refractivity contribution in [1.82, 2.24) is 25.1 Å². The summed E-state index contributed by atoms with van der Waals surface area (Å²) in [4.78, 5) is 26.4. The third-order valence-electron chi connectivity index (χ3n) is 7.53. The van der Waals surface area contributed by atoms with Crippen LogP contribution in [-0.4, -0.2) is 57.3 Å². The molecular weight excluding hydrogens is 604 g/mol. The lowest BCUT2D eigenvalue weighted by molar-refractivity contribution is -0.130. The van der Waals surface area contributed by atoms with Gasteiger partial charge in [-0.15, -0.1) is 10.2 Å². The summed E-state index contributed by atoms with van der Waals surface area (Å²) in [5.74, 6) is 1.72. The molecule has 0 radical (unpaired) electrons. The number of nitrogens with one attached hydrogen (secondary N) is 1. The molecule has 2 aromatic heterocycles. The van der Waals surface area contributed by atoms with E-state index in [1.165, 1.54) is 18.0 Å². The van der Waals surface area contributed by atoms with Gasteiger partial charge in [0.1, 0.15) is 11.5 Å². The Balaban J connectivity index is 1.25. The minimum absolute atomic E-state index is 0.0642. The predicted molar refractivity (Wildman–Crippen MR) is 173 cm³/mol. The molecule has 3 heterocycles. The van der Waals surface area contributed by atoms with Crippen LogP contribution < -0.4 is 14.8 Å². The molecule has 12 heteroatoms. The Morgan fingerprint density at radius 1 is 0.957 bits per heavy atom. The minimum atomic E-state index is -0.364. The van der Waals surface area contributed by atoms with Crippen molar-refractivity contribution in [2.75, 3.05) is 20.0 Å². The van der Waals surface area contributed by atoms with Crippen molar-refractivity contribution in [3.8, 4) is 17.2 Å². The van der Waals surface area contributed by atoms with Crippen LogP contribution in [0.2, 0.25) is 0 Å². The summed E-state index contributed by atoms with van der Waals surface area (Å²) >= 11 is 1.26. The van der Waals surface area contributed by atoms with E-state index in [1.54, 1.807) is 31.4 Å². The normalized spacial score (nSPS) is 14.2. The van der Waals surface area contributed by atoms with Gasteiger partial charge in [-0.2, -0.15) is 5.10 Å². The number of hydrogen-bond donors (Lipinski definition) is 1. The first-order valence-electron chi connectivity index (χ1n) is 14.6. The highest BCUT2D eigenvalue weighted by atomic mass is 32.2. The van der Waals surface area contributed by atoms with Gasteiger partial charge in [-0.05, 0) is 84.3 Å². The van der Waals surface area contributed by atoms with Gasteiger partial charge in [-0.3, -0.25) is 14.2 Å². The first kappa shape index (κ1) is 30.7. The second-order valence-electron chi connectivity index (χ2n) is 10.5. The second-order valence-corrected chi connectivity index (χ2v) is 11.5. The van der Waals surface area contributed by atoms with Crippen LogP contribution in [0.4, 0.5) is 0 Å². The number of aryl methyl sites for hydroxylation is 1. The first-order chi connectivity index (χ1) is 22.4. The molecule has 0 fully saturated rings. The highest BCUT2D eigenvalue weighted by Gasteiger charge is 2.33. The maximum absolute atomic E-state index is 13.9. The second kappa shape index (κ2) is 13.7. The number of benzene rings is 3. The number of furan rings is 1. The van der Waals surface area contributed by atoms with E-state index < -0.39 is 0 Å². The third-order valence-corrected chi connectivity index (χ3v) is 8.44. The number of ether oxygens (including phenoxy) is 2. The lowest BCUT2D eigenvalue weighted by Crippen LogP contribution is -2.28. The molecule has 0 spiro atoms. The van der Waals surface area contributed by atoms with Gasteiger partial charge in [0.15, 0.2) is 16.7 Å². The summed E-state index contributed by atoms with van der Waals surface area (Å²) in [6, 6.07) is 26.2. The van der Waals surface area contributed by atoms with Gasteiger partial charge in [0.05, 0.1) is 44.5 Å². The Hall–Kier alpha value is -5.36. The molecule has 0 bridgehead atoms. The quantitative estimate of drug-likeness (QED) is 0.186. The fourth-order valence-corrected chi connectivity index (χ4v) is 5.99. The number of thioether (sulfide) groups is 1. The molecule has 1 aliphatic heterocycles. The largest absolute Gasteiger partial charge is 0.497 e. The van der Waals surface area contributed by atoms with Crippen LogP contribution in [0.3, 0.4) is 0 Å². The number of rotatable bonds is 11. The van der Waals surface area contributed by atoms with E-state index in [-0.39, 0.29) is 35.9 Å². The number of carbonyl (C=O) groups is 2. The fourth-order valence-electron chi connectivity index (χ4n) is 5.17. The zero-order chi connectivity index (χ0) is 32.0. The molecule has 1 N–H and O–H groups in total. The number of amides is 2. The summed E-state index contributed by atoms with van der Waals surface area (Å²) in [7, 11) is 3.25. The van der Waals surface area contributed by atoms with Gasteiger partial charge in [-0.25, -0.2) is 5.01 Å². The first-order valence-corrected chi connectivity index (χ1v) is 15.6. The van der Waals surface area contributed by atoms with Gasteiger partial charge < -0.3 is 19.2 Å². The van der Waals surface area contributed by atoms with E-state index in [0.717, 1.165) is 39.6 Å². The molecule has 234 valence electrons. The van der Waals surface area contributed by atoms with Crippen molar-refractivity contribution >= 4 is 29.3 Å². The Labute approximate surface area is 270 Å². The van der Waals surface area contributed by atoms with E-state index in [9.17, 15) is 9.59 Å². The van der Waals surface area contributed by atoms with E-state index >= 15 is 0 Å². The van der Waals surface area contributed by atoms with Crippen molar-refractivity contribution in [1.29, 1.82) is 0 Å². The fraction of sp³-hybridized carbons (Fsp3) is 0.206. The van der Waals surface area contributed by atoms with Crippen molar-refractivity contribution < 1.29 is 23.5 Å². The highest BCUT2D eigenvalue weighted by Crippen LogP contribution is 2.35. The molecule has 0 saturated carbocycles. The monoisotopic (exact) mass is 636 g/mol. The molecule has 5 aromatic rings. The van der Waals surface area contributed by atoms with Gasteiger partial charge in [0, 0.05) is 12.1 Å². The van der Waals surface area contributed by atoms with Crippen molar-refractivity contribution in [3.63, 3.8) is 0 Å². The van der Waals surface area contributed by atoms with E-state index in [1.807, 2.05) is 84.3 Å². The molecule has 0 unspecified atom stereocenters. The summed E-state index contributed by atoms with van der Waals surface area (Å²) in [5.41, 5.74) is 4.54. The zero-order valence-electron chi connectivity index (χ0n) is 25.5. The van der Waals surface area contributed by atoms with Crippen LogP contribution >= 0.6 is 11.8 Å². The van der Waals surface area contributed by atoms with Crippen molar-refractivity contribution in [2.24, 2.45) is 5.10 Å². The third kappa shape index (κ3) is 6.66. The molecule has 1 atom stereocenters. The lowest BCUT2D eigenvalue weighted by Gasteiger charge is -2.22. The number of nitrogens with zero attached hydrogens (tertiary/aromatic N) is 5. The van der Waals surface area contributed by atoms with E-state index in [4.69, 9.17) is 19.0 Å². The van der Waals surface area contributed by atoms with Gasteiger partial charge in [-0.1, -0.05) is 36.0 Å². The minimum Gasteiger partial charge on any atom is -0.497 e. The number of hydrogen-bond acceptors (Lipinski definition) is 9. The van der Waals surface area contributed by atoms with Gasteiger partial charge >= 0.3 is 0 Å². The average molecular weight is 637 g/mol.